The highest BCUT2D eigenvalue weighted by molar-refractivity contribution is 5.83. The minimum Gasteiger partial charge on any atom is -0.395 e. The first kappa shape index (κ1) is 14.3. The molecule has 0 aromatic heterocycles. The molecule has 2 aliphatic heterocycles. The van der Waals surface area contributed by atoms with Gasteiger partial charge in [0.25, 0.3) is 0 Å². The van der Waals surface area contributed by atoms with Crippen LogP contribution < -0.4 is 10.6 Å². The van der Waals surface area contributed by atoms with Crippen molar-refractivity contribution >= 4 is 11.8 Å². The van der Waals surface area contributed by atoms with Crippen molar-refractivity contribution in [2.75, 3.05) is 32.8 Å². The van der Waals surface area contributed by atoms with Crippen LogP contribution in [0.3, 0.4) is 0 Å². The van der Waals surface area contributed by atoms with Gasteiger partial charge in [0.2, 0.25) is 11.8 Å². The van der Waals surface area contributed by atoms with Crippen LogP contribution in [-0.4, -0.2) is 60.6 Å². The molecule has 6 nitrogen and oxygen atoms in total. The Balaban J connectivity index is 1.89. The first-order valence-electron chi connectivity index (χ1n) is 7.10. The molecule has 2 fully saturated rings. The first-order chi connectivity index (χ1) is 9.20. The maximum Gasteiger partial charge on any atom is 0.227 e. The van der Waals surface area contributed by atoms with E-state index in [1.54, 1.807) is 4.90 Å². The van der Waals surface area contributed by atoms with Crippen molar-refractivity contribution in [2.24, 2.45) is 5.92 Å². The van der Waals surface area contributed by atoms with E-state index in [1.807, 2.05) is 0 Å². The molecule has 3 N–H and O–H groups in total. The molecule has 2 aliphatic rings. The van der Waals surface area contributed by atoms with Crippen LogP contribution in [0.4, 0.5) is 0 Å². The number of amides is 2. The van der Waals surface area contributed by atoms with Crippen molar-refractivity contribution in [1.82, 2.24) is 15.5 Å². The summed E-state index contributed by atoms with van der Waals surface area (Å²) in [6, 6.07) is 0.341. The second kappa shape index (κ2) is 6.86. The lowest BCUT2D eigenvalue weighted by molar-refractivity contribution is -0.138. The SMILES string of the molecule is O=C1CCC(C(=O)N(CCO)CC2CCCN2)CN1. The van der Waals surface area contributed by atoms with Crippen LogP contribution in [0.5, 0.6) is 0 Å². The van der Waals surface area contributed by atoms with Crippen molar-refractivity contribution in [3.8, 4) is 0 Å². The zero-order valence-corrected chi connectivity index (χ0v) is 11.2. The largest absolute Gasteiger partial charge is 0.395 e. The van der Waals surface area contributed by atoms with Crippen LogP contribution in [0.2, 0.25) is 0 Å². The predicted molar refractivity (Wildman–Crippen MR) is 70.4 cm³/mol. The number of carbonyl (C=O) groups excluding carboxylic acids is 2. The summed E-state index contributed by atoms with van der Waals surface area (Å²) in [5, 5.41) is 15.2. The molecular formula is C13H23N3O3. The van der Waals surface area contributed by atoms with Gasteiger partial charge in [0.1, 0.15) is 0 Å². The maximum atomic E-state index is 12.4. The second-order valence-corrected chi connectivity index (χ2v) is 5.34. The van der Waals surface area contributed by atoms with Crippen LogP contribution in [0.25, 0.3) is 0 Å². The summed E-state index contributed by atoms with van der Waals surface area (Å²) in [5.74, 6) is -0.0522. The van der Waals surface area contributed by atoms with Crippen LogP contribution in [0.15, 0.2) is 0 Å². The fourth-order valence-electron chi connectivity index (χ4n) is 2.79. The number of nitrogens with zero attached hydrogens (tertiary/aromatic N) is 1. The molecule has 19 heavy (non-hydrogen) atoms. The Kier molecular flexibility index (Phi) is 5.15. The Hall–Kier alpha value is -1.14. The normalized spacial score (nSPS) is 27.1. The number of aliphatic hydroxyl groups is 1. The summed E-state index contributed by atoms with van der Waals surface area (Å²) in [6.07, 6.45) is 3.26. The van der Waals surface area contributed by atoms with Gasteiger partial charge in [-0.2, -0.15) is 0 Å². The zero-order chi connectivity index (χ0) is 13.7. The molecule has 0 bridgehead atoms. The summed E-state index contributed by atoms with van der Waals surface area (Å²) in [4.78, 5) is 25.3. The minimum absolute atomic E-state index is 0.0163. The average molecular weight is 269 g/mol. The van der Waals surface area contributed by atoms with E-state index in [-0.39, 0.29) is 24.3 Å². The van der Waals surface area contributed by atoms with Crippen LogP contribution >= 0.6 is 0 Å². The number of carbonyl (C=O) groups is 2. The van der Waals surface area contributed by atoms with Crippen molar-refractivity contribution in [2.45, 2.75) is 31.7 Å². The Morgan fingerprint density at radius 1 is 1.42 bits per heavy atom. The second-order valence-electron chi connectivity index (χ2n) is 5.34. The van der Waals surface area contributed by atoms with E-state index in [2.05, 4.69) is 10.6 Å². The van der Waals surface area contributed by atoms with Crippen LogP contribution in [0, 0.1) is 5.92 Å². The first-order valence-corrected chi connectivity index (χ1v) is 7.10. The minimum atomic E-state index is -0.134. The van der Waals surface area contributed by atoms with Crippen molar-refractivity contribution in [3.63, 3.8) is 0 Å². The molecule has 0 aromatic carbocycles. The third kappa shape index (κ3) is 3.91. The summed E-state index contributed by atoms with van der Waals surface area (Å²) < 4.78 is 0. The van der Waals surface area contributed by atoms with E-state index in [4.69, 9.17) is 5.11 Å². The molecule has 2 amide bonds. The Labute approximate surface area is 113 Å². The molecule has 0 aliphatic carbocycles. The molecule has 2 rings (SSSR count). The molecule has 2 heterocycles. The highest BCUT2D eigenvalue weighted by atomic mass is 16.3. The number of nitrogens with one attached hydrogen (secondary N) is 2. The van der Waals surface area contributed by atoms with E-state index in [0.717, 1.165) is 19.4 Å². The molecule has 0 aromatic rings. The highest BCUT2D eigenvalue weighted by Gasteiger charge is 2.29. The molecule has 2 atom stereocenters. The van der Waals surface area contributed by atoms with Gasteiger partial charge in [0.15, 0.2) is 0 Å². The quantitative estimate of drug-likeness (QED) is 0.603. The van der Waals surface area contributed by atoms with Crippen LogP contribution in [-0.2, 0) is 9.59 Å². The standard InChI is InChI=1S/C13H23N3O3/c17-7-6-16(9-11-2-1-5-14-11)13(19)10-3-4-12(18)15-8-10/h10-11,14,17H,1-9H2,(H,15,18). The average Bonchev–Trinajstić information content (AvgIpc) is 2.91. The van der Waals surface area contributed by atoms with E-state index in [0.29, 0.717) is 38.5 Å². The fourth-order valence-corrected chi connectivity index (χ4v) is 2.79. The van der Waals surface area contributed by atoms with E-state index >= 15 is 0 Å². The molecule has 2 saturated heterocycles. The van der Waals surface area contributed by atoms with Crippen LogP contribution in [0.1, 0.15) is 25.7 Å². The Bertz CT molecular complexity index is 319. The molecular weight excluding hydrogens is 246 g/mol. The number of hydrogen-bond donors (Lipinski definition) is 3. The summed E-state index contributed by atoms with van der Waals surface area (Å²) in [5.41, 5.74) is 0. The number of rotatable bonds is 5. The Morgan fingerprint density at radius 2 is 2.26 bits per heavy atom. The topological polar surface area (TPSA) is 81.7 Å². The van der Waals surface area contributed by atoms with Crippen molar-refractivity contribution in [3.05, 3.63) is 0 Å². The van der Waals surface area contributed by atoms with Crippen molar-refractivity contribution in [1.29, 1.82) is 0 Å². The van der Waals surface area contributed by atoms with Gasteiger partial charge in [0.05, 0.1) is 12.5 Å². The molecule has 0 spiro atoms. The van der Waals surface area contributed by atoms with Gasteiger partial charge in [0, 0.05) is 32.1 Å². The van der Waals surface area contributed by atoms with Gasteiger partial charge < -0.3 is 20.6 Å². The molecule has 2 unspecified atom stereocenters. The Morgan fingerprint density at radius 3 is 2.84 bits per heavy atom. The van der Waals surface area contributed by atoms with E-state index in [1.165, 1.54) is 0 Å². The van der Waals surface area contributed by atoms with Gasteiger partial charge in [-0.1, -0.05) is 0 Å². The zero-order valence-electron chi connectivity index (χ0n) is 11.2. The lowest BCUT2D eigenvalue weighted by Crippen LogP contribution is -2.49. The number of piperidine rings is 1. The lowest BCUT2D eigenvalue weighted by Gasteiger charge is -2.30. The van der Waals surface area contributed by atoms with Gasteiger partial charge in [-0.15, -0.1) is 0 Å². The number of hydrogen-bond acceptors (Lipinski definition) is 4. The van der Waals surface area contributed by atoms with Gasteiger partial charge in [-0.25, -0.2) is 0 Å². The predicted octanol–water partition coefficient (Wildman–Crippen LogP) is -0.914. The maximum absolute atomic E-state index is 12.4. The van der Waals surface area contributed by atoms with Crippen molar-refractivity contribution < 1.29 is 14.7 Å². The summed E-state index contributed by atoms with van der Waals surface area (Å²) >= 11 is 0. The monoisotopic (exact) mass is 269 g/mol. The molecule has 0 radical (unpaired) electrons. The molecule has 6 heteroatoms. The fraction of sp³-hybridized carbons (Fsp3) is 0.846. The molecule has 0 saturated carbocycles. The third-order valence-corrected chi connectivity index (χ3v) is 3.90. The highest BCUT2D eigenvalue weighted by Crippen LogP contribution is 2.15. The third-order valence-electron chi connectivity index (χ3n) is 3.90. The van der Waals surface area contributed by atoms with E-state index in [9.17, 15) is 9.59 Å². The number of aliphatic hydroxyl groups excluding tert-OH is 1. The van der Waals surface area contributed by atoms with Gasteiger partial charge >= 0.3 is 0 Å². The van der Waals surface area contributed by atoms with Gasteiger partial charge in [-0.05, 0) is 25.8 Å². The summed E-state index contributed by atoms with van der Waals surface area (Å²) in [7, 11) is 0. The summed E-state index contributed by atoms with van der Waals surface area (Å²) in [6.45, 7) is 2.45. The lowest BCUT2D eigenvalue weighted by atomic mass is 9.97. The molecule has 108 valence electrons. The van der Waals surface area contributed by atoms with Gasteiger partial charge in [-0.3, -0.25) is 9.59 Å². The van der Waals surface area contributed by atoms with E-state index < -0.39 is 0 Å². The smallest absolute Gasteiger partial charge is 0.227 e.